The first kappa shape index (κ1) is 26.4. The summed E-state index contributed by atoms with van der Waals surface area (Å²) in [5.41, 5.74) is 0.385. The van der Waals surface area contributed by atoms with E-state index in [4.69, 9.17) is 18.9 Å². The van der Waals surface area contributed by atoms with Gasteiger partial charge in [-0.15, -0.1) is 0 Å². The Bertz CT molecular complexity index is 801. The van der Waals surface area contributed by atoms with E-state index in [9.17, 15) is 4.79 Å². The minimum atomic E-state index is -0.129. The number of carbonyl (C=O) groups is 1. The molecule has 0 heterocycles. The molecule has 0 spiro atoms. The fraction of sp³-hybridized carbons (Fsp3) is 0.435. The summed E-state index contributed by atoms with van der Waals surface area (Å²) in [4.78, 5) is 13.1. The maximum atomic E-state index is 13.1. The van der Waals surface area contributed by atoms with Crippen molar-refractivity contribution in [2.24, 2.45) is 11.8 Å². The molecular weight excluding hydrogens is 394 g/mol. The Balaban J connectivity index is 0.00000450. The van der Waals surface area contributed by atoms with Crippen LogP contribution in [0.5, 0.6) is 23.0 Å². The molecule has 1 atom stereocenters. The summed E-state index contributed by atoms with van der Waals surface area (Å²) in [6.07, 6.45) is 0. The zero-order chi connectivity index (χ0) is 21.4. The molecule has 30 heavy (non-hydrogen) atoms. The van der Waals surface area contributed by atoms with Gasteiger partial charge in [0, 0.05) is 30.2 Å². The largest absolute Gasteiger partial charge is 0.496 e. The topological polar surface area (TPSA) is 54.0 Å². The summed E-state index contributed by atoms with van der Waals surface area (Å²) < 4.78 is 22.6. The molecule has 0 aliphatic carbocycles. The van der Waals surface area contributed by atoms with Gasteiger partial charge in [-0.25, -0.2) is 0 Å². The third kappa shape index (κ3) is 7.55. The average molecular weight is 425 g/mol. The van der Waals surface area contributed by atoms with Gasteiger partial charge in [-0.3, -0.25) is 4.79 Å². The molecular formula is C23H31LiO5P. The molecule has 2 aromatic rings. The Hall–Kier alpha value is -1.66. The Kier molecular flexibility index (Phi) is 11.3. The van der Waals surface area contributed by atoms with E-state index in [1.807, 2.05) is 18.2 Å². The van der Waals surface area contributed by atoms with Crippen LogP contribution in [0.2, 0.25) is 0 Å². The van der Waals surface area contributed by atoms with Gasteiger partial charge in [0.1, 0.15) is 28.6 Å². The molecule has 0 aliphatic heterocycles. The molecule has 0 saturated heterocycles. The number of methoxy groups -OCH3 is 2. The van der Waals surface area contributed by atoms with Crippen molar-refractivity contribution in [3.8, 4) is 23.0 Å². The Labute approximate surface area is 193 Å². The van der Waals surface area contributed by atoms with Crippen molar-refractivity contribution in [2.75, 3.05) is 27.4 Å². The van der Waals surface area contributed by atoms with Crippen molar-refractivity contribution in [1.29, 1.82) is 0 Å². The second-order valence-corrected chi connectivity index (χ2v) is 8.80. The summed E-state index contributed by atoms with van der Waals surface area (Å²) in [5, 5.41) is 0.834. The number of benzene rings is 2. The first-order valence-corrected chi connectivity index (χ1v) is 10.8. The van der Waals surface area contributed by atoms with E-state index < -0.39 is 0 Å². The van der Waals surface area contributed by atoms with Crippen LogP contribution in [0.3, 0.4) is 0 Å². The first-order chi connectivity index (χ1) is 13.8. The predicted octanol–water partition coefficient (Wildman–Crippen LogP) is 4.54. The fourth-order valence-electron chi connectivity index (χ4n) is 2.59. The normalized spacial score (nSPS) is 10.9. The van der Waals surface area contributed by atoms with E-state index in [1.165, 1.54) is 0 Å². The van der Waals surface area contributed by atoms with Gasteiger partial charge in [0.2, 0.25) is 0 Å². The smallest absolute Gasteiger partial charge is 0.193 e. The van der Waals surface area contributed by atoms with E-state index in [1.54, 1.807) is 32.4 Å². The van der Waals surface area contributed by atoms with E-state index in [-0.39, 0.29) is 33.0 Å². The van der Waals surface area contributed by atoms with Crippen molar-refractivity contribution in [1.82, 2.24) is 0 Å². The van der Waals surface area contributed by atoms with Gasteiger partial charge < -0.3 is 18.9 Å². The maximum Gasteiger partial charge on any atom is 0.193 e. The molecule has 2 rings (SSSR count). The Morgan fingerprint density at radius 1 is 0.867 bits per heavy atom. The Morgan fingerprint density at radius 3 is 1.97 bits per heavy atom. The van der Waals surface area contributed by atoms with Crippen LogP contribution in [0.4, 0.5) is 0 Å². The molecule has 7 heteroatoms. The summed E-state index contributed by atoms with van der Waals surface area (Å²) in [5.74, 6) is 3.23. The number of carbonyl (C=O) groups excluding carboxylic acids is 1. The summed E-state index contributed by atoms with van der Waals surface area (Å²) in [6.45, 7) is 9.58. The van der Waals surface area contributed by atoms with Crippen LogP contribution >= 0.6 is 8.58 Å². The van der Waals surface area contributed by atoms with Crippen molar-refractivity contribution in [3.63, 3.8) is 0 Å². The number of hydrogen-bond acceptors (Lipinski definition) is 5. The monoisotopic (exact) mass is 425 g/mol. The average Bonchev–Trinajstić information content (AvgIpc) is 2.70. The standard InChI is InChI=1S/C23H31O5P.Li/c1-15(2)13-27-17-10-11-21(20(12-17)28-14-16(3)4)29-23(24)22-18(25-5)8-7-9-19(22)26-6;/h7-12,15-16,29H,13-14H2,1-6H3;. The Morgan fingerprint density at radius 2 is 1.43 bits per heavy atom. The summed E-state index contributed by atoms with van der Waals surface area (Å²) in [7, 11) is 2.97. The molecule has 0 N–H and O–H groups in total. The van der Waals surface area contributed by atoms with Crippen molar-refractivity contribution in [2.45, 2.75) is 27.7 Å². The van der Waals surface area contributed by atoms with Gasteiger partial charge in [0.15, 0.2) is 5.52 Å². The molecule has 0 amide bonds. The minimum absolute atomic E-state index is 0. The van der Waals surface area contributed by atoms with Gasteiger partial charge in [-0.05, 0) is 44.7 Å². The second-order valence-electron chi connectivity index (χ2n) is 7.56. The number of hydrogen-bond donors (Lipinski definition) is 0. The van der Waals surface area contributed by atoms with Gasteiger partial charge >= 0.3 is 0 Å². The van der Waals surface area contributed by atoms with Crippen LogP contribution in [0.1, 0.15) is 38.1 Å². The molecule has 1 radical (unpaired) electrons. The quantitative estimate of drug-likeness (QED) is 0.391. The van der Waals surface area contributed by atoms with Crippen molar-refractivity contribution < 1.29 is 23.7 Å². The third-order valence-electron chi connectivity index (χ3n) is 4.01. The van der Waals surface area contributed by atoms with Gasteiger partial charge in [0.25, 0.3) is 0 Å². The van der Waals surface area contributed by atoms with Crippen LogP contribution in [0.15, 0.2) is 36.4 Å². The van der Waals surface area contributed by atoms with Crippen LogP contribution in [-0.2, 0) is 0 Å². The molecule has 0 aromatic heterocycles. The molecule has 1 unspecified atom stereocenters. The van der Waals surface area contributed by atoms with Crippen LogP contribution in [0, 0.1) is 11.8 Å². The van der Waals surface area contributed by atoms with Gasteiger partial charge in [-0.1, -0.05) is 33.8 Å². The SMILES string of the molecule is COc1cccc(OC)c1C(=O)Pc1ccc(OCC(C)C)cc1OCC(C)C.[Li]. The van der Waals surface area contributed by atoms with Crippen LogP contribution in [-0.4, -0.2) is 51.8 Å². The second kappa shape index (κ2) is 12.9. The van der Waals surface area contributed by atoms with Gasteiger partial charge in [0.05, 0.1) is 27.4 Å². The molecule has 0 saturated carbocycles. The molecule has 159 valence electrons. The van der Waals surface area contributed by atoms with Crippen LogP contribution < -0.4 is 24.3 Å². The van der Waals surface area contributed by atoms with Crippen LogP contribution in [0.25, 0.3) is 0 Å². The zero-order valence-corrected chi connectivity index (χ0v) is 20.1. The first-order valence-electron chi connectivity index (χ1n) is 9.77. The third-order valence-corrected chi connectivity index (χ3v) is 5.17. The van der Waals surface area contributed by atoms with E-state index in [0.717, 1.165) is 11.1 Å². The molecule has 5 nitrogen and oxygen atoms in total. The summed E-state index contributed by atoms with van der Waals surface area (Å²) >= 11 is 0. The molecule has 2 aromatic carbocycles. The minimum Gasteiger partial charge on any atom is -0.496 e. The molecule has 0 fully saturated rings. The number of ether oxygens (including phenoxy) is 4. The number of rotatable bonds is 11. The predicted molar refractivity (Wildman–Crippen MR) is 125 cm³/mol. The molecule has 0 bridgehead atoms. The van der Waals surface area contributed by atoms with E-state index in [0.29, 0.717) is 47.9 Å². The van der Waals surface area contributed by atoms with Gasteiger partial charge in [-0.2, -0.15) is 0 Å². The molecule has 0 aliphatic rings. The summed E-state index contributed by atoms with van der Waals surface area (Å²) in [6, 6.07) is 11.0. The van der Waals surface area contributed by atoms with E-state index >= 15 is 0 Å². The van der Waals surface area contributed by atoms with Crippen molar-refractivity contribution >= 4 is 38.3 Å². The zero-order valence-electron chi connectivity index (χ0n) is 19.1. The maximum absolute atomic E-state index is 13.1. The van der Waals surface area contributed by atoms with E-state index in [2.05, 4.69) is 27.7 Å². The van der Waals surface area contributed by atoms with Crippen molar-refractivity contribution in [3.05, 3.63) is 42.0 Å². The fourth-order valence-corrected chi connectivity index (χ4v) is 3.64.